The van der Waals surface area contributed by atoms with E-state index >= 15 is 0 Å². The highest BCUT2D eigenvalue weighted by Gasteiger charge is 2.35. The van der Waals surface area contributed by atoms with Gasteiger partial charge in [0.05, 0.1) is 12.2 Å². The van der Waals surface area contributed by atoms with Crippen LogP contribution < -0.4 is 5.56 Å². The summed E-state index contributed by atoms with van der Waals surface area (Å²) in [4.78, 5) is 51.4. The van der Waals surface area contributed by atoms with E-state index in [0.29, 0.717) is 35.3 Å². The van der Waals surface area contributed by atoms with Crippen LogP contribution in [0.15, 0.2) is 65.5 Å². The van der Waals surface area contributed by atoms with E-state index in [1.165, 1.54) is 10.6 Å². The molecule has 0 spiro atoms. The number of aromatic nitrogens is 1. The molecule has 180 valence electrons. The monoisotopic (exact) mass is 473 g/mol. The molecular formula is C28H27NO6. The Hall–Kier alpha value is -4.00. The lowest BCUT2D eigenvalue weighted by molar-refractivity contribution is 0.0471. The van der Waals surface area contributed by atoms with Crippen molar-refractivity contribution in [2.75, 3.05) is 6.61 Å². The molecule has 0 N–H and O–H groups in total. The highest BCUT2D eigenvalue weighted by atomic mass is 16.5. The molecule has 0 saturated carbocycles. The summed E-state index contributed by atoms with van der Waals surface area (Å²) in [6, 6.07) is 17.1. The molecule has 4 rings (SSSR count). The first-order valence-electron chi connectivity index (χ1n) is 11.5. The van der Waals surface area contributed by atoms with Gasteiger partial charge in [-0.15, -0.1) is 0 Å². The topological polar surface area (TPSA) is 91.7 Å². The maximum atomic E-state index is 13.4. The van der Waals surface area contributed by atoms with Gasteiger partial charge in [0, 0.05) is 23.4 Å². The molecule has 1 aromatic heterocycles. The number of ketones is 1. The van der Waals surface area contributed by atoms with Crippen LogP contribution in [0.3, 0.4) is 0 Å². The van der Waals surface area contributed by atoms with Gasteiger partial charge in [0.2, 0.25) is 0 Å². The molecule has 0 saturated heterocycles. The number of carbonyl (C=O) groups excluding carboxylic acids is 3. The lowest BCUT2D eigenvalue weighted by atomic mass is 9.75. The molecule has 1 aliphatic rings. The Bertz CT molecular complexity index is 1340. The molecule has 7 heteroatoms. The van der Waals surface area contributed by atoms with Gasteiger partial charge < -0.3 is 9.47 Å². The van der Waals surface area contributed by atoms with Crippen molar-refractivity contribution in [1.82, 2.24) is 4.57 Å². The predicted molar refractivity (Wildman–Crippen MR) is 130 cm³/mol. The fourth-order valence-electron chi connectivity index (χ4n) is 4.30. The van der Waals surface area contributed by atoms with Gasteiger partial charge in [0.15, 0.2) is 5.78 Å². The molecule has 0 aliphatic heterocycles. The Morgan fingerprint density at radius 3 is 2.26 bits per heavy atom. The van der Waals surface area contributed by atoms with Crippen molar-refractivity contribution in [2.45, 2.75) is 40.2 Å². The van der Waals surface area contributed by atoms with Crippen molar-refractivity contribution in [3.63, 3.8) is 0 Å². The molecule has 0 bridgehead atoms. The summed E-state index contributed by atoms with van der Waals surface area (Å²) in [6.07, 6.45) is 0.792. The minimum atomic E-state index is -0.771. The molecule has 1 aliphatic carbocycles. The third-order valence-electron chi connectivity index (χ3n) is 5.96. The fourth-order valence-corrected chi connectivity index (χ4v) is 4.30. The van der Waals surface area contributed by atoms with Crippen LogP contribution in [-0.4, -0.2) is 28.9 Å². The SMILES string of the molecule is CCOC(=O)c1cc2c(n(-c3ccc(C(=O)OCc4ccccc4)cc3)c1=O)CC(C)(C)CC2=O. The highest BCUT2D eigenvalue weighted by Crippen LogP contribution is 2.35. The van der Waals surface area contributed by atoms with E-state index in [0.717, 1.165) is 5.56 Å². The first-order valence-corrected chi connectivity index (χ1v) is 11.5. The number of rotatable bonds is 6. The molecule has 0 atom stereocenters. The smallest absolute Gasteiger partial charge is 0.343 e. The van der Waals surface area contributed by atoms with E-state index in [9.17, 15) is 19.2 Å². The molecule has 0 amide bonds. The molecule has 1 heterocycles. The highest BCUT2D eigenvalue weighted by molar-refractivity contribution is 6.01. The molecule has 0 unspecified atom stereocenters. The van der Waals surface area contributed by atoms with Crippen LogP contribution in [0, 0.1) is 5.41 Å². The Morgan fingerprint density at radius 2 is 1.60 bits per heavy atom. The van der Waals surface area contributed by atoms with Crippen molar-refractivity contribution in [3.8, 4) is 5.69 Å². The van der Waals surface area contributed by atoms with Crippen molar-refractivity contribution < 1.29 is 23.9 Å². The molecule has 35 heavy (non-hydrogen) atoms. The maximum absolute atomic E-state index is 13.4. The summed E-state index contributed by atoms with van der Waals surface area (Å²) >= 11 is 0. The quantitative estimate of drug-likeness (QED) is 0.489. The second-order valence-electron chi connectivity index (χ2n) is 9.33. The van der Waals surface area contributed by atoms with Crippen LogP contribution >= 0.6 is 0 Å². The number of pyridine rings is 1. The number of hydrogen-bond acceptors (Lipinski definition) is 6. The van der Waals surface area contributed by atoms with Crippen molar-refractivity contribution >= 4 is 17.7 Å². The number of carbonyl (C=O) groups is 3. The van der Waals surface area contributed by atoms with Crippen LogP contribution in [0.5, 0.6) is 0 Å². The molecule has 3 aromatic rings. The Kier molecular flexibility index (Phi) is 6.69. The predicted octanol–water partition coefficient (Wildman–Crippen LogP) is 4.53. The van der Waals surface area contributed by atoms with Gasteiger partial charge in [-0.2, -0.15) is 0 Å². The second kappa shape index (κ2) is 9.70. The van der Waals surface area contributed by atoms with E-state index in [1.807, 2.05) is 44.2 Å². The molecule has 7 nitrogen and oxygen atoms in total. The number of ether oxygens (including phenoxy) is 2. The van der Waals surface area contributed by atoms with Gasteiger partial charge in [-0.3, -0.25) is 14.2 Å². The average molecular weight is 474 g/mol. The minimum Gasteiger partial charge on any atom is -0.462 e. The second-order valence-corrected chi connectivity index (χ2v) is 9.33. The number of benzene rings is 2. The number of esters is 2. The van der Waals surface area contributed by atoms with E-state index in [1.54, 1.807) is 31.2 Å². The number of nitrogens with zero attached hydrogens (tertiary/aromatic N) is 1. The normalized spacial score (nSPS) is 14.2. The van der Waals surface area contributed by atoms with Gasteiger partial charge >= 0.3 is 11.9 Å². The summed E-state index contributed by atoms with van der Waals surface area (Å²) in [7, 11) is 0. The van der Waals surface area contributed by atoms with E-state index in [4.69, 9.17) is 9.47 Å². The van der Waals surface area contributed by atoms with Crippen molar-refractivity contribution in [1.29, 1.82) is 0 Å². The fraction of sp³-hybridized carbons (Fsp3) is 0.286. The molecular weight excluding hydrogens is 446 g/mol. The largest absolute Gasteiger partial charge is 0.462 e. The maximum Gasteiger partial charge on any atom is 0.343 e. The Morgan fingerprint density at radius 1 is 0.914 bits per heavy atom. The van der Waals surface area contributed by atoms with Gasteiger partial charge in [0.1, 0.15) is 12.2 Å². The zero-order chi connectivity index (χ0) is 25.2. The molecule has 2 aromatic carbocycles. The first kappa shape index (κ1) is 24.1. The summed E-state index contributed by atoms with van der Waals surface area (Å²) in [5.74, 6) is -1.39. The zero-order valence-corrected chi connectivity index (χ0v) is 20.0. The van der Waals surface area contributed by atoms with E-state index in [2.05, 4.69) is 0 Å². The van der Waals surface area contributed by atoms with Crippen LogP contribution in [0.4, 0.5) is 0 Å². The standard InChI is InChI=1S/C28H27NO6/c1-4-34-27(33)22-14-21-23(15-28(2,3)16-24(21)30)29(25(22)31)20-12-10-19(11-13-20)26(32)35-17-18-8-6-5-7-9-18/h5-14H,4,15-17H2,1-3H3. The lowest BCUT2D eigenvalue weighted by Crippen LogP contribution is -2.36. The lowest BCUT2D eigenvalue weighted by Gasteiger charge is -2.32. The van der Waals surface area contributed by atoms with Crippen molar-refractivity contribution in [3.05, 3.63) is 99.0 Å². The zero-order valence-electron chi connectivity index (χ0n) is 20.0. The van der Waals surface area contributed by atoms with E-state index in [-0.39, 0.29) is 30.0 Å². The number of Topliss-reactive ketones (excluding diaryl/α,β-unsaturated/α-hetero) is 1. The van der Waals surface area contributed by atoms with Crippen LogP contribution in [-0.2, 0) is 22.5 Å². The summed E-state index contributed by atoms with van der Waals surface area (Å²) < 4.78 is 11.8. The molecule has 0 fully saturated rings. The minimum absolute atomic E-state index is 0.107. The molecule has 0 radical (unpaired) electrons. The van der Waals surface area contributed by atoms with Gasteiger partial charge in [-0.25, -0.2) is 9.59 Å². The summed E-state index contributed by atoms with van der Waals surface area (Å²) in [5.41, 5.74) is 1.44. The van der Waals surface area contributed by atoms with Crippen LogP contribution in [0.1, 0.15) is 69.5 Å². The van der Waals surface area contributed by atoms with Crippen LogP contribution in [0.25, 0.3) is 5.69 Å². The van der Waals surface area contributed by atoms with Gasteiger partial charge in [0.25, 0.3) is 5.56 Å². The number of hydrogen-bond donors (Lipinski definition) is 0. The van der Waals surface area contributed by atoms with E-state index < -0.39 is 17.5 Å². The summed E-state index contributed by atoms with van der Waals surface area (Å²) in [6.45, 7) is 5.84. The third kappa shape index (κ3) is 5.09. The van der Waals surface area contributed by atoms with Gasteiger partial charge in [-0.05, 0) is 54.7 Å². The average Bonchev–Trinajstić information content (AvgIpc) is 2.82. The third-order valence-corrected chi connectivity index (χ3v) is 5.96. The Labute approximate surface area is 203 Å². The summed E-state index contributed by atoms with van der Waals surface area (Å²) in [5, 5.41) is 0. The number of fused-ring (bicyclic) bond motifs is 1. The van der Waals surface area contributed by atoms with Crippen molar-refractivity contribution in [2.24, 2.45) is 5.41 Å². The van der Waals surface area contributed by atoms with Gasteiger partial charge in [-0.1, -0.05) is 44.2 Å². The Balaban J connectivity index is 1.71. The van der Waals surface area contributed by atoms with Crippen LogP contribution in [0.2, 0.25) is 0 Å². The first-order chi connectivity index (χ1) is 16.7.